The van der Waals surface area contributed by atoms with Gasteiger partial charge in [0.05, 0.1) is 6.10 Å². The highest BCUT2D eigenvalue weighted by molar-refractivity contribution is 5.37. The molecule has 1 atom stereocenters. The highest BCUT2D eigenvalue weighted by Gasteiger charge is 2.17. The molecule has 1 N–H and O–H groups in total. The third kappa shape index (κ3) is 3.97. The zero-order valence-electron chi connectivity index (χ0n) is 12.5. The maximum atomic E-state index is 6.10. The summed E-state index contributed by atoms with van der Waals surface area (Å²) in [6.45, 7) is 7.65. The van der Waals surface area contributed by atoms with Crippen LogP contribution in [0, 0.1) is 6.92 Å². The fourth-order valence-corrected chi connectivity index (χ4v) is 2.74. The van der Waals surface area contributed by atoms with Crippen LogP contribution in [0.3, 0.4) is 0 Å². The van der Waals surface area contributed by atoms with Crippen molar-refractivity contribution in [2.24, 2.45) is 0 Å². The van der Waals surface area contributed by atoms with Gasteiger partial charge < -0.3 is 10.1 Å². The Morgan fingerprint density at radius 2 is 2.05 bits per heavy atom. The summed E-state index contributed by atoms with van der Waals surface area (Å²) in [6, 6.07) is 7.02. The molecule has 1 saturated carbocycles. The van der Waals surface area contributed by atoms with E-state index >= 15 is 0 Å². The van der Waals surface area contributed by atoms with E-state index in [1.54, 1.807) is 0 Å². The van der Waals surface area contributed by atoms with Gasteiger partial charge in [0.15, 0.2) is 0 Å². The Bertz CT molecular complexity index is 396. The summed E-state index contributed by atoms with van der Waals surface area (Å²) in [5.74, 6) is 1.07. The molecule has 1 fully saturated rings. The van der Waals surface area contributed by atoms with Crippen molar-refractivity contribution in [1.29, 1.82) is 0 Å². The molecule has 1 aliphatic rings. The Kier molecular flexibility index (Phi) is 5.26. The molecule has 2 rings (SSSR count). The van der Waals surface area contributed by atoms with E-state index in [4.69, 9.17) is 4.74 Å². The van der Waals surface area contributed by atoms with E-state index in [0.717, 1.165) is 12.3 Å². The van der Waals surface area contributed by atoms with Crippen molar-refractivity contribution in [2.75, 3.05) is 6.54 Å². The summed E-state index contributed by atoms with van der Waals surface area (Å²) in [5.41, 5.74) is 2.61. The number of rotatable bonds is 6. The summed E-state index contributed by atoms with van der Waals surface area (Å²) in [5, 5.41) is 3.53. The lowest BCUT2D eigenvalue weighted by Gasteiger charge is -2.18. The standard InChI is InChI=1S/C17H27NO/c1-4-11-18-14(3)15-9-10-17(13(2)12-15)19-16-7-5-6-8-16/h9-10,12,14,16,18H,4-8,11H2,1-3H3. The molecule has 2 nitrogen and oxygen atoms in total. The number of aryl methyl sites for hydroxylation is 1. The lowest BCUT2D eigenvalue weighted by Crippen LogP contribution is -2.19. The molecule has 0 bridgehead atoms. The minimum absolute atomic E-state index is 0.416. The maximum Gasteiger partial charge on any atom is 0.122 e. The molecule has 1 aromatic rings. The molecule has 1 unspecified atom stereocenters. The van der Waals surface area contributed by atoms with Gasteiger partial charge in [0.2, 0.25) is 0 Å². The van der Waals surface area contributed by atoms with Gasteiger partial charge in [-0.25, -0.2) is 0 Å². The highest BCUT2D eigenvalue weighted by atomic mass is 16.5. The van der Waals surface area contributed by atoms with Crippen LogP contribution in [0.25, 0.3) is 0 Å². The molecule has 0 amide bonds. The number of hydrogen-bond donors (Lipinski definition) is 1. The predicted octanol–water partition coefficient (Wildman–Crippen LogP) is 4.38. The van der Waals surface area contributed by atoms with Gasteiger partial charge in [0.1, 0.15) is 5.75 Å². The van der Waals surface area contributed by atoms with Crippen molar-refractivity contribution in [3.05, 3.63) is 29.3 Å². The fourth-order valence-electron chi connectivity index (χ4n) is 2.74. The third-order valence-corrected chi connectivity index (χ3v) is 4.00. The molecule has 2 heteroatoms. The molecule has 1 aromatic carbocycles. The van der Waals surface area contributed by atoms with Crippen LogP contribution >= 0.6 is 0 Å². The van der Waals surface area contributed by atoms with Crippen molar-refractivity contribution >= 4 is 0 Å². The van der Waals surface area contributed by atoms with Gasteiger partial charge in [-0.3, -0.25) is 0 Å². The molecule has 1 aliphatic carbocycles. The van der Waals surface area contributed by atoms with Gasteiger partial charge in [-0.2, -0.15) is 0 Å². The molecular formula is C17H27NO. The van der Waals surface area contributed by atoms with Gasteiger partial charge >= 0.3 is 0 Å². The van der Waals surface area contributed by atoms with Crippen LogP contribution in [-0.2, 0) is 0 Å². The van der Waals surface area contributed by atoms with E-state index in [0.29, 0.717) is 12.1 Å². The van der Waals surface area contributed by atoms with E-state index in [9.17, 15) is 0 Å². The summed E-state index contributed by atoms with van der Waals surface area (Å²) in [4.78, 5) is 0. The summed E-state index contributed by atoms with van der Waals surface area (Å²) < 4.78 is 6.10. The Morgan fingerprint density at radius 3 is 2.68 bits per heavy atom. The van der Waals surface area contributed by atoms with Crippen LogP contribution in [-0.4, -0.2) is 12.6 Å². The second kappa shape index (κ2) is 6.95. The first-order chi connectivity index (χ1) is 9.20. The van der Waals surface area contributed by atoms with Crippen LogP contribution in [0.1, 0.15) is 63.1 Å². The van der Waals surface area contributed by atoms with Gasteiger partial charge in [-0.05, 0) is 69.7 Å². The number of nitrogens with one attached hydrogen (secondary N) is 1. The predicted molar refractivity (Wildman–Crippen MR) is 80.8 cm³/mol. The molecule has 0 saturated heterocycles. The Labute approximate surface area is 117 Å². The van der Waals surface area contributed by atoms with Crippen LogP contribution in [0.5, 0.6) is 5.75 Å². The average molecular weight is 261 g/mol. The maximum absolute atomic E-state index is 6.10. The molecule has 0 aliphatic heterocycles. The second-order valence-electron chi connectivity index (χ2n) is 5.73. The zero-order valence-corrected chi connectivity index (χ0v) is 12.5. The van der Waals surface area contributed by atoms with Crippen LogP contribution < -0.4 is 10.1 Å². The van der Waals surface area contributed by atoms with Gasteiger partial charge in [-0.1, -0.05) is 19.1 Å². The molecule has 0 spiro atoms. The van der Waals surface area contributed by atoms with Crippen molar-refractivity contribution < 1.29 is 4.74 Å². The van der Waals surface area contributed by atoms with E-state index in [2.05, 4.69) is 44.3 Å². The fraction of sp³-hybridized carbons (Fsp3) is 0.647. The van der Waals surface area contributed by atoms with Crippen molar-refractivity contribution in [3.63, 3.8) is 0 Å². The van der Waals surface area contributed by atoms with Gasteiger partial charge in [-0.15, -0.1) is 0 Å². The average Bonchev–Trinajstić information content (AvgIpc) is 2.91. The molecule has 0 heterocycles. The summed E-state index contributed by atoms with van der Waals surface area (Å²) in [7, 11) is 0. The summed E-state index contributed by atoms with van der Waals surface area (Å²) >= 11 is 0. The Hall–Kier alpha value is -1.02. The van der Waals surface area contributed by atoms with Crippen LogP contribution in [0.4, 0.5) is 0 Å². The van der Waals surface area contributed by atoms with Gasteiger partial charge in [0, 0.05) is 6.04 Å². The minimum Gasteiger partial charge on any atom is -0.490 e. The van der Waals surface area contributed by atoms with Gasteiger partial charge in [0.25, 0.3) is 0 Å². The lowest BCUT2D eigenvalue weighted by atomic mass is 10.0. The first-order valence-corrected chi connectivity index (χ1v) is 7.71. The monoisotopic (exact) mass is 261 g/mol. The molecule has 0 aromatic heterocycles. The first-order valence-electron chi connectivity index (χ1n) is 7.71. The smallest absolute Gasteiger partial charge is 0.122 e. The molecular weight excluding hydrogens is 234 g/mol. The third-order valence-electron chi connectivity index (χ3n) is 4.00. The summed E-state index contributed by atoms with van der Waals surface area (Å²) in [6.07, 6.45) is 6.69. The first kappa shape index (κ1) is 14.4. The van der Waals surface area contributed by atoms with E-state index in [-0.39, 0.29) is 0 Å². The van der Waals surface area contributed by atoms with Crippen molar-refractivity contribution in [1.82, 2.24) is 5.32 Å². The molecule has 106 valence electrons. The van der Waals surface area contributed by atoms with E-state index in [1.807, 2.05) is 0 Å². The lowest BCUT2D eigenvalue weighted by molar-refractivity contribution is 0.208. The Morgan fingerprint density at radius 1 is 1.32 bits per heavy atom. The normalized spacial score (nSPS) is 17.6. The number of benzene rings is 1. The van der Waals surface area contributed by atoms with E-state index in [1.165, 1.54) is 43.2 Å². The second-order valence-corrected chi connectivity index (χ2v) is 5.73. The Balaban J connectivity index is 1.99. The molecule has 0 radical (unpaired) electrons. The largest absolute Gasteiger partial charge is 0.490 e. The minimum atomic E-state index is 0.416. The molecule has 19 heavy (non-hydrogen) atoms. The van der Waals surface area contributed by atoms with Crippen LogP contribution in [0.2, 0.25) is 0 Å². The van der Waals surface area contributed by atoms with Crippen LogP contribution in [0.15, 0.2) is 18.2 Å². The topological polar surface area (TPSA) is 21.3 Å². The zero-order chi connectivity index (χ0) is 13.7. The number of ether oxygens (including phenoxy) is 1. The van der Waals surface area contributed by atoms with Crippen molar-refractivity contribution in [3.8, 4) is 5.75 Å². The quantitative estimate of drug-likeness (QED) is 0.820. The number of hydrogen-bond acceptors (Lipinski definition) is 2. The highest BCUT2D eigenvalue weighted by Crippen LogP contribution is 2.28. The SMILES string of the molecule is CCCNC(C)c1ccc(OC2CCCC2)c(C)c1. The van der Waals surface area contributed by atoms with E-state index < -0.39 is 0 Å². The van der Waals surface area contributed by atoms with Crippen molar-refractivity contribution in [2.45, 2.75) is 65.0 Å².